The number of nitro benzene ring substituents is 1. The van der Waals surface area contributed by atoms with E-state index < -0.39 is 0 Å². The number of ether oxygens (including phenoxy) is 1. The normalized spacial score (nSPS) is 10.4. The number of non-ortho nitro benzene ring substituents is 1. The van der Waals surface area contributed by atoms with E-state index in [1.165, 1.54) is 12.1 Å². The molecule has 2 rings (SSSR count). The summed E-state index contributed by atoms with van der Waals surface area (Å²) in [5.41, 5.74) is 4.48. The van der Waals surface area contributed by atoms with E-state index in [9.17, 15) is 10.1 Å². The van der Waals surface area contributed by atoms with E-state index in [1.807, 2.05) is 27.0 Å². The van der Waals surface area contributed by atoms with E-state index in [0.717, 1.165) is 28.1 Å². The summed E-state index contributed by atoms with van der Waals surface area (Å²) in [4.78, 5) is 12.4. The lowest BCUT2D eigenvalue weighted by Crippen LogP contribution is -2.17. The summed E-state index contributed by atoms with van der Waals surface area (Å²) in [6.07, 6.45) is 0. The summed E-state index contributed by atoms with van der Waals surface area (Å²) in [6.45, 7) is 4.75. The molecule has 2 aromatic carbocycles. The van der Waals surface area contributed by atoms with Gasteiger partial charge in [-0.2, -0.15) is 0 Å². The van der Waals surface area contributed by atoms with Gasteiger partial charge in [0.15, 0.2) is 0 Å². The van der Waals surface area contributed by atoms with Crippen LogP contribution in [-0.2, 0) is 6.54 Å². The molecule has 0 radical (unpaired) electrons. The fraction of sp³-hybridized carbons (Fsp3) is 0.294. The van der Waals surface area contributed by atoms with Crippen molar-refractivity contribution >= 4 is 11.4 Å². The summed E-state index contributed by atoms with van der Waals surface area (Å²) in [5, 5.41) is 10.7. The Morgan fingerprint density at radius 1 is 1.14 bits per heavy atom. The molecule has 0 aliphatic rings. The number of nitro groups is 1. The Balaban J connectivity index is 2.20. The van der Waals surface area contributed by atoms with Crippen LogP contribution < -0.4 is 9.64 Å². The maximum Gasteiger partial charge on any atom is 0.269 e. The van der Waals surface area contributed by atoms with Crippen molar-refractivity contribution in [2.75, 3.05) is 19.1 Å². The van der Waals surface area contributed by atoms with Gasteiger partial charge in [-0.3, -0.25) is 10.1 Å². The van der Waals surface area contributed by atoms with E-state index in [2.05, 4.69) is 11.0 Å². The molecule has 5 heteroatoms. The quantitative estimate of drug-likeness (QED) is 0.621. The molecule has 0 aliphatic heterocycles. The summed E-state index contributed by atoms with van der Waals surface area (Å²) in [7, 11) is 3.68. The minimum absolute atomic E-state index is 0.114. The monoisotopic (exact) mass is 300 g/mol. The Morgan fingerprint density at radius 3 is 2.32 bits per heavy atom. The van der Waals surface area contributed by atoms with Gasteiger partial charge in [-0.1, -0.05) is 12.1 Å². The molecule has 0 heterocycles. The van der Waals surface area contributed by atoms with E-state index in [-0.39, 0.29) is 10.6 Å². The molecule has 22 heavy (non-hydrogen) atoms. The Hall–Kier alpha value is -2.56. The highest BCUT2D eigenvalue weighted by Gasteiger charge is 2.10. The van der Waals surface area contributed by atoms with Crippen molar-refractivity contribution < 1.29 is 9.66 Å². The SMILES string of the molecule is COc1cc(C)c(N(C)Cc2ccc([N+](=O)[O-])cc2)cc1C. The minimum atomic E-state index is -0.384. The largest absolute Gasteiger partial charge is 0.496 e. The molecule has 0 fully saturated rings. The zero-order valence-corrected chi connectivity index (χ0v) is 13.3. The number of hydrogen-bond acceptors (Lipinski definition) is 4. The van der Waals surface area contributed by atoms with Crippen LogP contribution in [0.2, 0.25) is 0 Å². The van der Waals surface area contributed by atoms with Crippen LogP contribution in [0.25, 0.3) is 0 Å². The van der Waals surface area contributed by atoms with Gasteiger partial charge in [0.2, 0.25) is 0 Å². The Kier molecular flexibility index (Phi) is 4.65. The molecule has 2 aromatic rings. The first-order chi connectivity index (χ1) is 10.4. The van der Waals surface area contributed by atoms with Gasteiger partial charge in [0.25, 0.3) is 5.69 Å². The Bertz CT molecular complexity index is 681. The molecule has 0 spiro atoms. The molecular formula is C17H20N2O3. The first kappa shape index (κ1) is 15.8. The molecular weight excluding hydrogens is 280 g/mol. The van der Waals surface area contributed by atoms with Crippen molar-refractivity contribution in [3.05, 3.63) is 63.2 Å². The fourth-order valence-corrected chi connectivity index (χ4v) is 2.49. The Labute approximate surface area is 130 Å². The molecule has 0 saturated heterocycles. The lowest BCUT2D eigenvalue weighted by Gasteiger charge is -2.23. The van der Waals surface area contributed by atoms with Gasteiger partial charge in [0, 0.05) is 31.4 Å². The molecule has 5 nitrogen and oxygen atoms in total. The van der Waals surface area contributed by atoms with Gasteiger partial charge in [-0.25, -0.2) is 0 Å². The number of rotatable bonds is 5. The number of aryl methyl sites for hydroxylation is 2. The van der Waals surface area contributed by atoms with Crippen molar-refractivity contribution in [1.82, 2.24) is 0 Å². The average Bonchev–Trinajstić information content (AvgIpc) is 2.49. The van der Waals surface area contributed by atoms with Crippen LogP contribution in [-0.4, -0.2) is 19.1 Å². The predicted molar refractivity (Wildman–Crippen MR) is 87.7 cm³/mol. The fourth-order valence-electron chi connectivity index (χ4n) is 2.49. The van der Waals surface area contributed by atoms with Crippen molar-refractivity contribution in [1.29, 1.82) is 0 Å². The van der Waals surface area contributed by atoms with Crippen LogP contribution in [0, 0.1) is 24.0 Å². The van der Waals surface area contributed by atoms with Crippen molar-refractivity contribution in [2.24, 2.45) is 0 Å². The highest BCUT2D eigenvalue weighted by atomic mass is 16.6. The molecule has 0 saturated carbocycles. The van der Waals surface area contributed by atoms with Crippen LogP contribution >= 0.6 is 0 Å². The summed E-state index contributed by atoms with van der Waals surface area (Å²) in [5.74, 6) is 0.880. The average molecular weight is 300 g/mol. The number of methoxy groups -OCH3 is 1. The second-order valence-electron chi connectivity index (χ2n) is 5.39. The Morgan fingerprint density at radius 2 is 1.77 bits per heavy atom. The van der Waals surface area contributed by atoms with Gasteiger partial charge in [0.1, 0.15) is 5.75 Å². The molecule has 116 valence electrons. The van der Waals surface area contributed by atoms with E-state index in [0.29, 0.717) is 6.54 Å². The van der Waals surface area contributed by atoms with E-state index in [4.69, 9.17) is 4.74 Å². The molecule has 0 aliphatic carbocycles. The third-order valence-corrected chi connectivity index (χ3v) is 3.69. The van der Waals surface area contributed by atoms with Crippen LogP contribution in [0.3, 0.4) is 0 Å². The minimum Gasteiger partial charge on any atom is -0.496 e. The van der Waals surface area contributed by atoms with Crippen molar-refractivity contribution in [3.8, 4) is 5.75 Å². The van der Waals surface area contributed by atoms with Gasteiger partial charge < -0.3 is 9.64 Å². The smallest absolute Gasteiger partial charge is 0.269 e. The number of anilines is 1. The maximum atomic E-state index is 10.7. The molecule has 0 bridgehead atoms. The third kappa shape index (κ3) is 3.36. The molecule has 0 aromatic heterocycles. The van der Waals surface area contributed by atoms with Gasteiger partial charge >= 0.3 is 0 Å². The zero-order valence-electron chi connectivity index (χ0n) is 13.3. The first-order valence-electron chi connectivity index (χ1n) is 7.02. The van der Waals surface area contributed by atoms with E-state index in [1.54, 1.807) is 19.2 Å². The van der Waals surface area contributed by atoms with Crippen molar-refractivity contribution in [3.63, 3.8) is 0 Å². The zero-order chi connectivity index (χ0) is 16.3. The summed E-state index contributed by atoms with van der Waals surface area (Å²) < 4.78 is 5.33. The molecule has 0 unspecified atom stereocenters. The second-order valence-corrected chi connectivity index (χ2v) is 5.39. The lowest BCUT2D eigenvalue weighted by atomic mass is 10.1. The van der Waals surface area contributed by atoms with Crippen LogP contribution in [0.15, 0.2) is 36.4 Å². The third-order valence-electron chi connectivity index (χ3n) is 3.69. The highest BCUT2D eigenvalue weighted by molar-refractivity contribution is 5.58. The predicted octanol–water partition coefficient (Wildman–Crippen LogP) is 3.86. The lowest BCUT2D eigenvalue weighted by molar-refractivity contribution is -0.384. The number of nitrogens with zero attached hydrogens (tertiary/aromatic N) is 2. The number of hydrogen-bond donors (Lipinski definition) is 0. The maximum absolute atomic E-state index is 10.7. The molecule has 0 amide bonds. The van der Waals surface area contributed by atoms with Crippen LogP contribution in [0.5, 0.6) is 5.75 Å². The molecule has 0 N–H and O–H groups in total. The highest BCUT2D eigenvalue weighted by Crippen LogP contribution is 2.29. The molecule has 0 atom stereocenters. The first-order valence-corrected chi connectivity index (χ1v) is 7.02. The van der Waals surface area contributed by atoms with Crippen LogP contribution in [0.4, 0.5) is 11.4 Å². The van der Waals surface area contributed by atoms with Gasteiger partial charge in [0.05, 0.1) is 12.0 Å². The summed E-state index contributed by atoms with van der Waals surface area (Å²) in [6, 6.07) is 10.8. The van der Waals surface area contributed by atoms with Gasteiger partial charge in [-0.15, -0.1) is 0 Å². The summed E-state index contributed by atoms with van der Waals surface area (Å²) >= 11 is 0. The standard InChI is InChI=1S/C17H20N2O3/c1-12-10-17(22-4)13(2)9-16(12)18(3)11-14-5-7-15(8-6-14)19(20)21/h5-10H,11H2,1-4H3. The van der Waals surface area contributed by atoms with Gasteiger partial charge in [-0.05, 0) is 42.7 Å². The second kappa shape index (κ2) is 6.47. The van der Waals surface area contributed by atoms with Crippen molar-refractivity contribution in [2.45, 2.75) is 20.4 Å². The van der Waals surface area contributed by atoms with Crippen LogP contribution in [0.1, 0.15) is 16.7 Å². The topological polar surface area (TPSA) is 55.6 Å². The number of benzene rings is 2. The van der Waals surface area contributed by atoms with E-state index >= 15 is 0 Å².